The quantitative estimate of drug-likeness (QED) is 0.506. The molecule has 0 heterocycles. The predicted molar refractivity (Wildman–Crippen MR) is 75.1 cm³/mol. The van der Waals surface area contributed by atoms with E-state index in [1.54, 1.807) is 27.7 Å². The highest BCUT2D eigenvalue weighted by molar-refractivity contribution is 6.14. The highest BCUT2D eigenvalue weighted by Crippen LogP contribution is 2.37. The molecular weight excluding hydrogens is 260 g/mol. The lowest BCUT2D eigenvalue weighted by Crippen LogP contribution is -2.49. The molecular formula is C15H26O5. The summed E-state index contributed by atoms with van der Waals surface area (Å²) in [6, 6.07) is 0. The Kier molecular flexibility index (Phi) is 6.89. The second kappa shape index (κ2) is 7.41. The highest BCUT2D eigenvalue weighted by atomic mass is 16.5. The van der Waals surface area contributed by atoms with Crippen molar-refractivity contribution in [3.05, 3.63) is 0 Å². The van der Waals surface area contributed by atoms with Gasteiger partial charge in [-0.05, 0) is 40.5 Å². The Bertz CT molecular complexity index is 342. The lowest BCUT2D eigenvalue weighted by molar-refractivity contribution is -0.169. The number of carbonyl (C=O) groups excluding carboxylic acids is 3. The topological polar surface area (TPSA) is 69.7 Å². The van der Waals surface area contributed by atoms with Crippen LogP contribution in [0.3, 0.4) is 0 Å². The maximum atomic E-state index is 12.8. The molecule has 0 bridgehead atoms. The van der Waals surface area contributed by atoms with Gasteiger partial charge in [0.15, 0.2) is 5.78 Å². The summed E-state index contributed by atoms with van der Waals surface area (Å²) in [4.78, 5) is 37.0. The van der Waals surface area contributed by atoms with E-state index in [-0.39, 0.29) is 26.1 Å². The monoisotopic (exact) mass is 286 g/mol. The summed E-state index contributed by atoms with van der Waals surface area (Å²) in [5.74, 6) is -1.61. The van der Waals surface area contributed by atoms with Gasteiger partial charge in [0.2, 0.25) is 0 Å². The molecule has 0 saturated carbocycles. The van der Waals surface area contributed by atoms with Crippen molar-refractivity contribution in [2.24, 2.45) is 10.8 Å². The minimum atomic E-state index is -1.33. The molecule has 0 aliphatic heterocycles. The first-order valence-corrected chi connectivity index (χ1v) is 7.13. The van der Waals surface area contributed by atoms with Gasteiger partial charge in [0.05, 0.1) is 13.2 Å². The predicted octanol–water partition coefficient (Wildman–Crippen LogP) is 2.51. The van der Waals surface area contributed by atoms with E-state index in [9.17, 15) is 14.4 Å². The first-order valence-electron chi connectivity index (χ1n) is 7.13. The molecule has 5 heteroatoms. The van der Waals surface area contributed by atoms with Crippen LogP contribution < -0.4 is 0 Å². The van der Waals surface area contributed by atoms with Crippen LogP contribution in [0.4, 0.5) is 0 Å². The average Bonchev–Trinajstić information content (AvgIpc) is 2.45. The minimum absolute atomic E-state index is 0.198. The molecule has 0 aromatic rings. The second-order valence-electron chi connectivity index (χ2n) is 5.14. The third-order valence-electron chi connectivity index (χ3n) is 3.87. The fraction of sp³-hybridized carbons (Fsp3) is 0.800. The Morgan fingerprint density at radius 3 is 1.25 bits per heavy atom. The molecule has 0 amide bonds. The Balaban J connectivity index is 5.53. The standard InChI is InChI=1S/C15H26O5/c1-7-14(5,12(17)19-9-3)11(16)15(6,8-2)13(18)20-10-4/h7-10H2,1-6H3. The zero-order valence-corrected chi connectivity index (χ0v) is 13.4. The molecule has 0 aliphatic carbocycles. The number of ketones is 1. The van der Waals surface area contributed by atoms with Crippen LogP contribution >= 0.6 is 0 Å². The summed E-state index contributed by atoms with van der Waals surface area (Å²) in [6.07, 6.45) is 0.555. The lowest BCUT2D eigenvalue weighted by atomic mass is 9.68. The van der Waals surface area contributed by atoms with Gasteiger partial charge in [-0.3, -0.25) is 14.4 Å². The normalized spacial score (nSPS) is 16.7. The Hall–Kier alpha value is -1.39. The first-order chi connectivity index (χ1) is 9.24. The number of esters is 2. The molecule has 0 aliphatic rings. The van der Waals surface area contributed by atoms with Crippen LogP contribution in [0, 0.1) is 10.8 Å². The van der Waals surface area contributed by atoms with Crippen LogP contribution in [0.1, 0.15) is 54.4 Å². The van der Waals surface area contributed by atoms with Gasteiger partial charge in [-0.15, -0.1) is 0 Å². The SMILES string of the molecule is CCOC(=O)C(C)(CC)C(=O)C(C)(CC)C(=O)OCC. The van der Waals surface area contributed by atoms with E-state index in [1.807, 2.05) is 0 Å². The average molecular weight is 286 g/mol. The Labute approximate surface area is 121 Å². The fourth-order valence-electron chi connectivity index (χ4n) is 1.98. The van der Waals surface area contributed by atoms with E-state index in [4.69, 9.17) is 9.47 Å². The maximum absolute atomic E-state index is 12.8. The van der Waals surface area contributed by atoms with Crippen LogP contribution in [-0.2, 0) is 23.9 Å². The number of hydrogen-bond donors (Lipinski definition) is 0. The summed E-state index contributed by atoms with van der Waals surface area (Å²) in [5, 5.41) is 0. The van der Waals surface area contributed by atoms with E-state index in [0.717, 1.165) is 0 Å². The lowest BCUT2D eigenvalue weighted by Gasteiger charge is -2.33. The summed E-state index contributed by atoms with van der Waals surface area (Å²) in [6.45, 7) is 10.3. The number of rotatable bonds is 8. The van der Waals surface area contributed by atoms with Gasteiger partial charge >= 0.3 is 11.9 Å². The van der Waals surface area contributed by atoms with E-state index in [1.165, 1.54) is 13.8 Å². The van der Waals surface area contributed by atoms with E-state index in [2.05, 4.69) is 0 Å². The molecule has 0 N–H and O–H groups in total. The van der Waals surface area contributed by atoms with E-state index >= 15 is 0 Å². The van der Waals surface area contributed by atoms with Gasteiger partial charge in [-0.1, -0.05) is 13.8 Å². The van der Waals surface area contributed by atoms with Gasteiger partial charge < -0.3 is 9.47 Å². The molecule has 2 unspecified atom stereocenters. The number of carbonyl (C=O) groups is 3. The Morgan fingerprint density at radius 1 is 0.750 bits per heavy atom. The zero-order valence-electron chi connectivity index (χ0n) is 13.4. The maximum Gasteiger partial charge on any atom is 0.319 e. The highest BCUT2D eigenvalue weighted by Gasteiger charge is 2.53. The molecule has 0 rings (SSSR count). The summed E-state index contributed by atoms with van der Waals surface area (Å²) in [7, 11) is 0. The van der Waals surface area contributed by atoms with Crippen molar-refractivity contribution in [1.29, 1.82) is 0 Å². The number of ether oxygens (including phenoxy) is 2. The number of hydrogen-bond acceptors (Lipinski definition) is 5. The van der Waals surface area contributed by atoms with Crippen molar-refractivity contribution in [2.75, 3.05) is 13.2 Å². The van der Waals surface area contributed by atoms with E-state index < -0.39 is 28.6 Å². The van der Waals surface area contributed by atoms with Crippen molar-refractivity contribution in [1.82, 2.24) is 0 Å². The van der Waals surface area contributed by atoms with Crippen molar-refractivity contribution in [2.45, 2.75) is 54.4 Å². The fourth-order valence-corrected chi connectivity index (χ4v) is 1.98. The van der Waals surface area contributed by atoms with Crippen LogP contribution in [-0.4, -0.2) is 30.9 Å². The van der Waals surface area contributed by atoms with Crippen molar-refractivity contribution in [3.63, 3.8) is 0 Å². The third-order valence-corrected chi connectivity index (χ3v) is 3.87. The van der Waals surface area contributed by atoms with Gasteiger partial charge in [0.25, 0.3) is 0 Å². The second-order valence-corrected chi connectivity index (χ2v) is 5.14. The van der Waals surface area contributed by atoms with Crippen LogP contribution in [0.15, 0.2) is 0 Å². The van der Waals surface area contributed by atoms with Crippen molar-refractivity contribution in [3.8, 4) is 0 Å². The smallest absolute Gasteiger partial charge is 0.319 e. The summed E-state index contributed by atoms with van der Waals surface area (Å²) in [5.41, 5.74) is -2.65. The molecule has 0 saturated heterocycles. The van der Waals surface area contributed by atoms with Crippen LogP contribution in [0.2, 0.25) is 0 Å². The molecule has 2 atom stereocenters. The molecule has 0 aromatic carbocycles. The van der Waals surface area contributed by atoms with Gasteiger partial charge in [-0.2, -0.15) is 0 Å². The van der Waals surface area contributed by atoms with Crippen LogP contribution in [0.5, 0.6) is 0 Å². The molecule has 5 nitrogen and oxygen atoms in total. The minimum Gasteiger partial charge on any atom is -0.465 e. The van der Waals surface area contributed by atoms with Crippen molar-refractivity contribution < 1.29 is 23.9 Å². The largest absolute Gasteiger partial charge is 0.465 e. The van der Waals surface area contributed by atoms with Gasteiger partial charge in [0.1, 0.15) is 10.8 Å². The zero-order chi connectivity index (χ0) is 16.0. The van der Waals surface area contributed by atoms with Crippen LogP contribution in [0.25, 0.3) is 0 Å². The molecule has 0 spiro atoms. The Morgan fingerprint density at radius 2 is 1.05 bits per heavy atom. The summed E-state index contributed by atoms with van der Waals surface area (Å²) < 4.78 is 9.97. The van der Waals surface area contributed by atoms with Gasteiger partial charge in [0, 0.05) is 0 Å². The summed E-state index contributed by atoms with van der Waals surface area (Å²) >= 11 is 0. The van der Waals surface area contributed by atoms with Gasteiger partial charge in [-0.25, -0.2) is 0 Å². The molecule has 116 valence electrons. The molecule has 0 aromatic heterocycles. The molecule has 20 heavy (non-hydrogen) atoms. The number of Topliss-reactive ketones (excluding diaryl/α,β-unsaturated/α-hetero) is 1. The van der Waals surface area contributed by atoms with E-state index in [0.29, 0.717) is 0 Å². The first kappa shape index (κ1) is 18.6. The molecule has 0 radical (unpaired) electrons. The molecule has 0 fully saturated rings. The third kappa shape index (κ3) is 3.38. The van der Waals surface area contributed by atoms with Crippen molar-refractivity contribution >= 4 is 17.7 Å².